The fourth-order valence-electron chi connectivity index (χ4n) is 1.14. The summed E-state index contributed by atoms with van der Waals surface area (Å²) in [6.07, 6.45) is 2.55. The molecule has 1 atom stereocenters. The summed E-state index contributed by atoms with van der Waals surface area (Å²) < 4.78 is 0. The van der Waals surface area contributed by atoms with E-state index in [0.29, 0.717) is 5.69 Å². The van der Waals surface area contributed by atoms with Crippen LogP contribution in [0.5, 0.6) is 0 Å². The van der Waals surface area contributed by atoms with Gasteiger partial charge >= 0.3 is 0 Å². The second-order valence-corrected chi connectivity index (χ2v) is 3.60. The van der Waals surface area contributed by atoms with Gasteiger partial charge in [-0.3, -0.25) is 4.79 Å². The van der Waals surface area contributed by atoms with E-state index in [2.05, 4.69) is 5.32 Å². The standard InChI is InChI=1S/C12H16N2O2/c1-9(15)8-14-12(16)6-5-10-3-2-4-11(13)7-10/h2-7,9,15H,8,13H2,1H3,(H,14,16)/b6-5+/t9-/m0/s1. The second kappa shape index (κ2) is 5.92. The van der Waals surface area contributed by atoms with Gasteiger partial charge in [0, 0.05) is 18.3 Å². The molecule has 0 heterocycles. The quantitative estimate of drug-likeness (QED) is 0.518. The zero-order valence-corrected chi connectivity index (χ0v) is 9.18. The number of nitrogens with two attached hydrogens (primary N) is 1. The van der Waals surface area contributed by atoms with Crippen molar-refractivity contribution in [3.63, 3.8) is 0 Å². The molecule has 0 saturated carbocycles. The molecule has 0 spiro atoms. The van der Waals surface area contributed by atoms with Gasteiger partial charge < -0.3 is 16.2 Å². The van der Waals surface area contributed by atoms with E-state index in [1.165, 1.54) is 6.08 Å². The SMILES string of the molecule is C[C@H](O)CNC(=O)/C=C/c1cccc(N)c1. The average molecular weight is 220 g/mol. The van der Waals surface area contributed by atoms with E-state index < -0.39 is 6.10 Å². The maximum atomic E-state index is 11.3. The van der Waals surface area contributed by atoms with Crippen LogP contribution in [0.2, 0.25) is 0 Å². The monoisotopic (exact) mass is 220 g/mol. The number of rotatable bonds is 4. The molecule has 4 heteroatoms. The number of anilines is 1. The van der Waals surface area contributed by atoms with Crippen molar-refractivity contribution in [2.45, 2.75) is 13.0 Å². The molecule has 16 heavy (non-hydrogen) atoms. The van der Waals surface area contributed by atoms with Crippen molar-refractivity contribution in [3.05, 3.63) is 35.9 Å². The van der Waals surface area contributed by atoms with E-state index in [1.807, 2.05) is 12.1 Å². The normalized spacial score (nSPS) is 12.6. The number of nitrogen functional groups attached to an aromatic ring is 1. The molecule has 0 saturated heterocycles. The van der Waals surface area contributed by atoms with E-state index in [4.69, 9.17) is 10.8 Å². The molecule has 0 radical (unpaired) electrons. The fraction of sp³-hybridized carbons (Fsp3) is 0.250. The summed E-state index contributed by atoms with van der Waals surface area (Å²) in [5.41, 5.74) is 7.12. The summed E-state index contributed by atoms with van der Waals surface area (Å²) in [5, 5.41) is 11.5. The van der Waals surface area contributed by atoms with Gasteiger partial charge in [0.25, 0.3) is 0 Å². The van der Waals surface area contributed by atoms with Gasteiger partial charge in [0.2, 0.25) is 5.91 Å². The average Bonchev–Trinajstić information content (AvgIpc) is 2.23. The summed E-state index contributed by atoms with van der Waals surface area (Å²) in [6, 6.07) is 7.24. The van der Waals surface area contributed by atoms with Crippen LogP contribution < -0.4 is 11.1 Å². The van der Waals surface area contributed by atoms with Gasteiger partial charge in [0.15, 0.2) is 0 Å². The Balaban J connectivity index is 2.50. The fourth-order valence-corrected chi connectivity index (χ4v) is 1.14. The number of hydrogen-bond donors (Lipinski definition) is 3. The van der Waals surface area contributed by atoms with Crippen molar-refractivity contribution in [2.24, 2.45) is 0 Å². The Morgan fingerprint density at radius 2 is 2.38 bits per heavy atom. The molecular formula is C12H16N2O2. The minimum atomic E-state index is -0.537. The third kappa shape index (κ3) is 4.61. The number of carbonyl (C=O) groups excluding carboxylic acids is 1. The summed E-state index contributed by atoms with van der Waals surface area (Å²) >= 11 is 0. The minimum absolute atomic E-state index is 0.233. The number of hydrogen-bond acceptors (Lipinski definition) is 3. The predicted molar refractivity (Wildman–Crippen MR) is 64.6 cm³/mol. The topological polar surface area (TPSA) is 75.3 Å². The van der Waals surface area contributed by atoms with E-state index in [1.54, 1.807) is 25.1 Å². The van der Waals surface area contributed by atoms with Crippen molar-refractivity contribution >= 4 is 17.7 Å². The first-order chi connectivity index (χ1) is 7.58. The second-order valence-electron chi connectivity index (χ2n) is 3.60. The maximum Gasteiger partial charge on any atom is 0.244 e. The number of nitrogens with one attached hydrogen (secondary N) is 1. The third-order valence-electron chi connectivity index (χ3n) is 1.91. The highest BCUT2D eigenvalue weighted by Gasteiger charge is 1.98. The molecule has 4 nitrogen and oxygen atoms in total. The van der Waals surface area contributed by atoms with Crippen LogP contribution in [-0.4, -0.2) is 23.7 Å². The van der Waals surface area contributed by atoms with Gasteiger partial charge in [-0.25, -0.2) is 0 Å². The predicted octanol–water partition coefficient (Wildman–Crippen LogP) is 0.779. The van der Waals surface area contributed by atoms with Gasteiger partial charge in [-0.2, -0.15) is 0 Å². The first-order valence-electron chi connectivity index (χ1n) is 5.07. The van der Waals surface area contributed by atoms with Crippen LogP contribution in [0.15, 0.2) is 30.3 Å². The lowest BCUT2D eigenvalue weighted by atomic mass is 10.2. The smallest absolute Gasteiger partial charge is 0.244 e. The molecule has 86 valence electrons. The van der Waals surface area contributed by atoms with E-state index in [0.717, 1.165) is 5.56 Å². The van der Waals surface area contributed by atoms with Crippen LogP contribution in [0, 0.1) is 0 Å². The lowest BCUT2D eigenvalue weighted by molar-refractivity contribution is -0.116. The van der Waals surface area contributed by atoms with Crippen LogP contribution in [-0.2, 0) is 4.79 Å². The first kappa shape index (κ1) is 12.3. The largest absolute Gasteiger partial charge is 0.399 e. The number of aliphatic hydroxyl groups excluding tert-OH is 1. The summed E-state index contributed by atoms with van der Waals surface area (Å²) in [7, 11) is 0. The molecule has 0 aliphatic heterocycles. The Morgan fingerprint density at radius 1 is 1.62 bits per heavy atom. The molecule has 1 aromatic carbocycles. The Hall–Kier alpha value is -1.81. The molecule has 1 aromatic rings. The van der Waals surface area contributed by atoms with Crippen LogP contribution in [0.25, 0.3) is 6.08 Å². The highest BCUT2D eigenvalue weighted by atomic mass is 16.3. The van der Waals surface area contributed by atoms with Crippen molar-refractivity contribution < 1.29 is 9.90 Å². The van der Waals surface area contributed by atoms with Crippen LogP contribution >= 0.6 is 0 Å². The molecule has 0 aromatic heterocycles. The Kier molecular flexibility index (Phi) is 4.54. The Labute approximate surface area is 94.8 Å². The highest BCUT2D eigenvalue weighted by molar-refractivity contribution is 5.91. The molecular weight excluding hydrogens is 204 g/mol. The van der Waals surface area contributed by atoms with E-state index in [9.17, 15) is 4.79 Å². The Bertz CT molecular complexity index is 386. The minimum Gasteiger partial charge on any atom is -0.399 e. The lowest BCUT2D eigenvalue weighted by Crippen LogP contribution is -2.28. The van der Waals surface area contributed by atoms with E-state index in [-0.39, 0.29) is 12.5 Å². The first-order valence-corrected chi connectivity index (χ1v) is 5.07. The molecule has 4 N–H and O–H groups in total. The zero-order valence-electron chi connectivity index (χ0n) is 9.18. The molecule has 1 amide bonds. The van der Waals surface area contributed by atoms with Crippen LogP contribution in [0.3, 0.4) is 0 Å². The van der Waals surface area contributed by atoms with E-state index >= 15 is 0 Å². The highest BCUT2D eigenvalue weighted by Crippen LogP contribution is 2.07. The van der Waals surface area contributed by atoms with Gasteiger partial charge in [-0.05, 0) is 30.7 Å². The third-order valence-corrected chi connectivity index (χ3v) is 1.91. The number of benzene rings is 1. The van der Waals surface area contributed by atoms with Gasteiger partial charge in [0.1, 0.15) is 0 Å². The van der Waals surface area contributed by atoms with Crippen LogP contribution in [0.1, 0.15) is 12.5 Å². The molecule has 0 bridgehead atoms. The van der Waals surface area contributed by atoms with Crippen molar-refractivity contribution in [1.29, 1.82) is 0 Å². The van der Waals surface area contributed by atoms with Crippen LogP contribution in [0.4, 0.5) is 5.69 Å². The molecule has 1 rings (SSSR count). The van der Waals surface area contributed by atoms with Crippen molar-refractivity contribution in [2.75, 3.05) is 12.3 Å². The summed E-state index contributed by atoms with van der Waals surface area (Å²) in [5.74, 6) is -0.233. The summed E-state index contributed by atoms with van der Waals surface area (Å²) in [4.78, 5) is 11.3. The molecule has 0 unspecified atom stereocenters. The van der Waals surface area contributed by atoms with Crippen molar-refractivity contribution in [1.82, 2.24) is 5.32 Å². The number of carbonyl (C=O) groups is 1. The molecule has 0 aliphatic carbocycles. The zero-order chi connectivity index (χ0) is 12.0. The number of aliphatic hydroxyl groups is 1. The van der Waals surface area contributed by atoms with Crippen molar-refractivity contribution in [3.8, 4) is 0 Å². The van der Waals surface area contributed by atoms with Gasteiger partial charge in [-0.15, -0.1) is 0 Å². The number of amides is 1. The molecule has 0 fully saturated rings. The lowest BCUT2D eigenvalue weighted by Gasteiger charge is -2.03. The van der Waals surface area contributed by atoms with Gasteiger partial charge in [-0.1, -0.05) is 12.1 Å². The van der Waals surface area contributed by atoms with Gasteiger partial charge in [0.05, 0.1) is 6.10 Å². The summed E-state index contributed by atoms with van der Waals surface area (Å²) in [6.45, 7) is 1.86. The maximum absolute atomic E-state index is 11.3. The molecule has 0 aliphatic rings. The Morgan fingerprint density at radius 3 is 3.00 bits per heavy atom.